The first-order chi connectivity index (χ1) is 6.11. The van der Waals surface area contributed by atoms with E-state index < -0.39 is 0 Å². The molecule has 0 bridgehead atoms. The number of hydrogen-bond donors (Lipinski definition) is 2. The average Bonchev–Trinajstić information content (AvgIpc) is 2.07. The topological polar surface area (TPSA) is 52.0 Å². The Balaban J connectivity index is 2.71. The van der Waals surface area contributed by atoms with Crippen molar-refractivity contribution < 1.29 is 0 Å². The largest absolute Gasteiger partial charge is 0.398 e. The summed E-state index contributed by atoms with van der Waals surface area (Å²) in [5.74, 6) is 0.935. The molecule has 0 spiro atoms. The molecular formula is C10H16N2S. The lowest BCUT2D eigenvalue weighted by Crippen LogP contribution is -2.17. The predicted molar refractivity (Wildman–Crippen MR) is 60.0 cm³/mol. The van der Waals surface area contributed by atoms with Gasteiger partial charge in [-0.1, -0.05) is 6.07 Å². The Hall–Kier alpha value is -0.670. The normalized spacial score (nSPS) is 12.8. The molecule has 0 radical (unpaired) electrons. The molecule has 2 nitrogen and oxygen atoms in total. The Morgan fingerprint density at radius 3 is 2.77 bits per heavy atom. The summed E-state index contributed by atoms with van der Waals surface area (Å²) in [5.41, 5.74) is 13.5. The van der Waals surface area contributed by atoms with Gasteiger partial charge in [0.2, 0.25) is 0 Å². The van der Waals surface area contributed by atoms with E-state index in [1.54, 1.807) is 11.8 Å². The van der Waals surface area contributed by atoms with Crippen molar-refractivity contribution >= 4 is 17.4 Å². The van der Waals surface area contributed by atoms with Gasteiger partial charge in [0, 0.05) is 22.4 Å². The fraction of sp³-hybridized carbons (Fsp3) is 0.400. The van der Waals surface area contributed by atoms with Crippen molar-refractivity contribution in [3.8, 4) is 0 Å². The Bertz CT molecular complexity index is 284. The Morgan fingerprint density at radius 1 is 1.46 bits per heavy atom. The van der Waals surface area contributed by atoms with E-state index in [1.165, 1.54) is 4.90 Å². The van der Waals surface area contributed by atoms with E-state index in [2.05, 4.69) is 6.07 Å². The van der Waals surface area contributed by atoms with Gasteiger partial charge < -0.3 is 11.5 Å². The van der Waals surface area contributed by atoms with E-state index in [-0.39, 0.29) is 6.04 Å². The number of nitrogen functional groups attached to an aromatic ring is 1. The summed E-state index contributed by atoms with van der Waals surface area (Å²) in [6.45, 7) is 4.05. The van der Waals surface area contributed by atoms with Crippen molar-refractivity contribution in [2.75, 3.05) is 11.5 Å². The highest BCUT2D eigenvalue weighted by Gasteiger charge is 2.02. The lowest BCUT2D eigenvalue weighted by molar-refractivity contribution is 0.847. The molecule has 1 aromatic carbocycles. The molecule has 0 aliphatic heterocycles. The summed E-state index contributed by atoms with van der Waals surface area (Å²) < 4.78 is 0. The van der Waals surface area contributed by atoms with Crippen LogP contribution in [0.1, 0.15) is 12.5 Å². The van der Waals surface area contributed by atoms with Gasteiger partial charge in [-0.15, -0.1) is 11.8 Å². The fourth-order valence-electron chi connectivity index (χ4n) is 1.01. The molecule has 0 aliphatic rings. The van der Waals surface area contributed by atoms with Gasteiger partial charge in [0.25, 0.3) is 0 Å². The summed E-state index contributed by atoms with van der Waals surface area (Å²) in [6, 6.07) is 6.21. The van der Waals surface area contributed by atoms with Crippen LogP contribution in [-0.2, 0) is 0 Å². The minimum atomic E-state index is 0.228. The standard InChI is InChI=1S/C10H16N2S/c1-7(11)6-13-10-5-3-4-9(12)8(10)2/h3-5,7H,6,11-12H2,1-2H3. The minimum Gasteiger partial charge on any atom is -0.398 e. The van der Waals surface area contributed by atoms with Crippen molar-refractivity contribution in [3.63, 3.8) is 0 Å². The van der Waals surface area contributed by atoms with E-state index >= 15 is 0 Å². The molecular weight excluding hydrogens is 180 g/mol. The molecule has 0 saturated heterocycles. The van der Waals surface area contributed by atoms with Crippen molar-refractivity contribution in [3.05, 3.63) is 23.8 Å². The van der Waals surface area contributed by atoms with Gasteiger partial charge >= 0.3 is 0 Å². The van der Waals surface area contributed by atoms with Crippen LogP contribution in [0.5, 0.6) is 0 Å². The highest BCUT2D eigenvalue weighted by molar-refractivity contribution is 7.99. The third kappa shape index (κ3) is 2.94. The fourth-order valence-corrected chi connectivity index (χ4v) is 1.96. The SMILES string of the molecule is Cc1c(N)cccc1SCC(C)N. The summed E-state index contributed by atoms with van der Waals surface area (Å²) in [7, 11) is 0. The molecule has 0 heterocycles. The first-order valence-corrected chi connectivity index (χ1v) is 5.33. The average molecular weight is 196 g/mol. The quantitative estimate of drug-likeness (QED) is 0.574. The lowest BCUT2D eigenvalue weighted by atomic mass is 10.2. The van der Waals surface area contributed by atoms with Gasteiger partial charge in [-0.2, -0.15) is 0 Å². The van der Waals surface area contributed by atoms with Crippen LogP contribution in [0.3, 0.4) is 0 Å². The summed E-state index contributed by atoms with van der Waals surface area (Å²) in [6.07, 6.45) is 0. The van der Waals surface area contributed by atoms with E-state index in [0.29, 0.717) is 0 Å². The van der Waals surface area contributed by atoms with Crippen LogP contribution in [0.4, 0.5) is 5.69 Å². The second-order valence-corrected chi connectivity index (χ2v) is 4.32. The van der Waals surface area contributed by atoms with Crippen LogP contribution in [0, 0.1) is 6.92 Å². The molecule has 0 saturated carbocycles. The molecule has 13 heavy (non-hydrogen) atoms. The molecule has 0 amide bonds. The molecule has 0 aromatic heterocycles. The third-order valence-corrected chi connectivity index (χ3v) is 3.27. The Morgan fingerprint density at radius 2 is 2.15 bits per heavy atom. The molecule has 1 atom stereocenters. The second-order valence-electron chi connectivity index (χ2n) is 3.26. The highest BCUT2D eigenvalue weighted by Crippen LogP contribution is 2.26. The highest BCUT2D eigenvalue weighted by atomic mass is 32.2. The number of rotatable bonds is 3. The number of hydrogen-bond acceptors (Lipinski definition) is 3. The molecule has 0 fully saturated rings. The number of nitrogens with two attached hydrogens (primary N) is 2. The van der Waals surface area contributed by atoms with Gasteiger partial charge in [0.15, 0.2) is 0 Å². The predicted octanol–water partition coefficient (Wildman–Crippen LogP) is 2.02. The monoisotopic (exact) mass is 196 g/mol. The zero-order valence-corrected chi connectivity index (χ0v) is 8.90. The zero-order chi connectivity index (χ0) is 9.84. The first kappa shape index (κ1) is 10.4. The molecule has 0 aliphatic carbocycles. The van der Waals surface area contributed by atoms with Crippen molar-refractivity contribution in [2.45, 2.75) is 24.8 Å². The smallest absolute Gasteiger partial charge is 0.0354 e. The van der Waals surface area contributed by atoms with Crippen molar-refractivity contribution in [2.24, 2.45) is 5.73 Å². The third-order valence-electron chi connectivity index (χ3n) is 1.83. The molecule has 4 N–H and O–H groups in total. The molecule has 1 aromatic rings. The molecule has 1 unspecified atom stereocenters. The summed E-state index contributed by atoms with van der Waals surface area (Å²) in [4.78, 5) is 1.23. The molecule has 72 valence electrons. The Labute approximate surface area is 83.7 Å². The number of anilines is 1. The van der Waals surface area contributed by atoms with Gasteiger partial charge in [-0.3, -0.25) is 0 Å². The van der Waals surface area contributed by atoms with E-state index in [4.69, 9.17) is 11.5 Å². The molecule has 3 heteroatoms. The zero-order valence-electron chi connectivity index (χ0n) is 8.08. The minimum absolute atomic E-state index is 0.228. The first-order valence-electron chi connectivity index (χ1n) is 4.34. The van der Waals surface area contributed by atoms with Crippen LogP contribution in [-0.4, -0.2) is 11.8 Å². The van der Waals surface area contributed by atoms with Crippen molar-refractivity contribution in [1.29, 1.82) is 0 Å². The van der Waals surface area contributed by atoms with E-state index in [1.807, 2.05) is 26.0 Å². The summed E-state index contributed by atoms with van der Waals surface area (Å²) in [5, 5.41) is 0. The van der Waals surface area contributed by atoms with Gasteiger partial charge in [0.05, 0.1) is 0 Å². The maximum atomic E-state index is 5.78. The Kier molecular flexibility index (Phi) is 3.63. The van der Waals surface area contributed by atoms with Crippen LogP contribution in [0.2, 0.25) is 0 Å². The van der Waals surface area contributed by atoms with Crippen LogP contribution in [0.15, 0.2) is 23.1 Å². The maximum absolute atomic E-state index is 5.78. The van der Waals surface area contributed by atoms with Crippen LogP contribution in [0.25, 0.3) is 0 Å². The van der Waals surface area contributed by atoms with Gasteiger partial charge in [0.1, 0.15) is 0 Å². The van der Waals surface area contributed by atoms with Crippen LogP contribution >= 0.6 is 11.8 Å². The van der Waals surface area contributed by atoms with Gasteiger partial charge in [-0.25, -0.2) is 0 Å². The number of benzene rings is 1. The van der Waals surface area contributed by atoms with Crippen molar-refractivity contribution in [1.82, 2.24) is 0 Å². The molecule has 1 rings (SSSR count). The van der Waals surface area contributed by atoms with E-state index in [9.17, 15) is 0 Å². The summed E-state index contributed by atoms with van der Waals surface area (Å²) >= 11 is 1.76. The van der Waals surface area contributed by atoms with Gasteiger partial charge in [-0.05, 0) is 31.5 Å². The lowest BCUT2D eigenvalue weighted by Gasteiger charge is -2.09. The second kappa shape index (κ2) is 4.53. The van der Waals surface area contributed by atoms with Crippen LogP contribution < -0.4 is 11.5 Å². The maximum Gasteiger partial charge on any atom is 0.0354 e. The number of thioether (sulfide) groups is 1. The van der Waals surface area contributed by atoms with E-state index in [0.717, 1.165) is 17.0 Å².